The fourth-order valence-corrected chi connectivity index (χ4v) is 6.56. The molecule has 5 N–H and O–H groups in total. The van der Waals surface area contributed by atoms with E-state index < -0.39 is 69.2 Å². The molecule has 0 spiro atoms. The minimum atomic E-state index is -4.86. The van der Waals surface area contributed by atoms with Gasteiger partial charge in [0.15, 0.2) is 6.10 Å². The fourth-order valence-electron chi connectivity index (χ4n) is 6.20. The third-order valence-corrected chi connectivity index (χ3v) is 9.79. The number of carbonyl (C=O) groups excluding carboxylic acids is 3. The molecule has 1 aliphatic carbocycles. The van der Waals surface area contributed by atoms with Crippen LogP contribution in [-0.4, -0.2) is 80.5 Å². The van der Waals surface area contributed by atoms with Crippen LogP contribution in [-0.2, 0) is 32.9 Å². The summed E-state index contributed by atoms with van der Waals surface area (Å²) >= 11 is 0. The number of allylic oxidation sites excluding steroid dienone is 6. The lowest BCUT2D eigenvalue weighted by molar-refractivity contribution is -0.161. The van der Waals surface area contributed by atoms with Crippen molar-refractivity contribution in [3.05, 3.63) is 48.6 Å². The molecule has 1 aliphatic rings. The summed E-state index contributed by atoms with van der Waals surface area (Å²) in [5, 5.41) is 31.1. The highest BCUT2D eigenvalue weighted by Crippen LogP contribution is 2.37. The van der Waals surface area contributed by atoms with Gasteiger partial charge in [0.1, 0.15) is 12.4 Å². The van der Waals surface area contributed by atoms with Crippen molar-refractivity contribution in [2.45, 2.75) is 167 Å². The van der Waals surface area contributed by atoms with Gasteiger partial charge in [-0.1, -0.05) is 94.6 Å². The molecule has 0 aromatic heterocycles. The van der Waals surface area contributed by atoms with Crippen molar-refractivity contribution in [1.82, 2.24) is 0 Å². The van der Waals surface area contributed by atoms with Gasteiger partial charge in [-0.2, -0.15) is 0 Å². The Balaban J connectivity index is 2.37. The summed E-state index contributed by atoms with van der Waals surface area (Å²) in [7, 11) is -4.86. The Morgan fingerprint density at radius 2 is 1.31 bits per heavy atom. The number of phosphoric ester groups is 1. The third-order valence-electron chi connectivity index (χ3n) is 9.30. The number of unbranched alkanes of at least 4 members (excludes halogenated alkanes) is 8. The summed E-state index contributed by atoms with van der Waals surface area (Å²) in [6, 6.07) is 0. The highest BCUT2D eigenvalue weighted by Gasteiger charge is 2.41. The van der Waals surface area contributed by atoms with Crippen molar-refractivity contribution in [2.24, 2.45) is 11.8 Å². The molecule has 6 atom stereocenters. The highest BCUT2D eigenvalue weighted by atomic mass is 31.2. The molecule has 0 amide bonds. The maximum atomic E-state index is 12.7. The summed E-state index contributed by atoms with van der Waals surface area (Å²) in [5.41, 5.74) is 0. The summed E-state index contributed by atoms with van der Waals surface area (Å²) in [4.78, 5) is 55.7. The molecule has 0 aromatic rings. The van der Waals surface area contributed by atoms with Crippen molar-refractivity contribution in [3.63, 3.8) is 0 Å². The van der Waals surface area contributed by atoms with E-state index in [9.17, 15) is 34.3 Å². The van der Waals surface area contributed by atoms with Crippen LogP contribution in [0.4, 0.5) is 0 Å². The van der Waals surface area contributed by atoms with Gasteiger partial charge >= 0.3 is 19.8 Å². The number of phosphoric acid groups is 1. The van der Waals surface area contributed by atoms with Crippen LogP contribution in [0.1, 0.15) is 142 Å². The van der Waals surface area contributed by atoms with Gasteiger partial charge < -0.3 is 34.6 Å². The number of aliphatic hydroxyl groups excluding tert-OH is 3. The van der Waals surface area contributed by atoms with Crippen LogP contribution < -0.4 is 0 Å². The van der Waals surface area contributed by atoms with Gasteiger partial charge in [0.25, 0.3) is 0 Å². The SMILES string of the molecule is CCCCC/C=C\C/C=C\C/C=C\CCCCC(=O)O[C@H](COC(=O)CCCCC(=O)C[C@@H]1[C@@H](/C=C/[C@@H](O)CCCCC)[C@H](O)C[C@@H]1O)COP(=O)(O)O. The number of esters is 2. The molecule has 0 aliphatic heterocycles. The van der Waals surface area contributed by atoms with Crippen LogP contribution in [0, 0.1) is 11.8 Å². The Labute approximate surface area is 323 Å². The highest BCUT2D eigenvalue weighted by molar-refractivity contribution is 7.46. The van der Waals surface area contributed by atoms with E-state index in [1.54, 1.807) is 12.2 Å². The summed E-state index contributed by atoms with van der Waals surface area (Å²) < 4.78 is 26.2. The summed E-state index contributed by atoms with van der Waals surface area (Å²) in [5.74, 6) is -2.23. The lowest BCUT2D eigenvalue weighted by Crippen LogP contribution is -2.29. The topological polar surface area (TPSA) is 197 Å². The smallest absolute Gasteiger partial charge is 0.462 e. The largest absolute Gasteiger partial charge is 0.469 e. The van der Waals surface area contributed by atoms with E-state index >= 15 is 0 Å². The molecule has 13 heteroatoms. The molecule has 0 unspecified atom stereocenters. The average molecular weight is 785 g/mol. The first-order valence-corrected chi connectivity index (χ1v) is 21.6. The molecular weight excluding hydrogens is 715 g/mol. The van der Waals surface area contributed by atoms with Gasteiger partial charge in [-0.15, -0.1) is 0 Å². The molecule has 1 fully saturated rings. The molecular formula is C41H69O12P. The lowest BCUT2D eigenvalue weighted by Gasteiger charge is -2.20. The normalized spacial score (nSPS) is 20.4. The van der Waals surface area contributed by atoms with Crippen molar-refractivity contribution >= 4 is 25.5 Å². The number of ketones is 1. The molecule has 0 radical (unpaired) electrons. The minimum absolute atomic E-state index is 0.0289. The maximum Gasteiger partial charge on any atom is 0.469 e. The second-order valence-corrected chi connectivity index (χ2v) is 15.5. The first kappa shape index (κ1) is 49.6. The van der Waals surface area contributed by atoms with E-state index in [4.69, 9.17) is 19.3 Å². The fraction of sp³-hybridized carbons (Fsp3) is 0.732. The van der Waals surface area contributed by atoms with E-state index in [0.717, 1.165) is 51.4 Å². The van der Waals surface area contributed by atoms with E-state index in [-0.39, 0.29) is 37.9 Å². The van der Waals surface area contributed by atoms with Gasteiger partial charge in [-0.25, -0.2) is 4.57 Å². The standard InChI is InChI=1S/C41H69O12P/c1-3-5-7-8-9-10-11-12-13-14-15-16-17-18-20-26-41(47)53-35(32-52-54(48,49)50)31-51-40(46)25-22-21-24-34(43)29-37-36(38(44)30-39(37)45)28-27-33(42)23-19-6-4-2/h9-10,12-13,15-16,27-28,33,35-39,42,44-45H,3-8,11,14,17-26,29-32H2,1-2H3,(H2,48,49,50)/b10-9-,13-12-,16-15-,28-27+/t33-,35+,36+,37+,38+,39-/m0/s1. The van der Waals surface area contributed by atoms with Crippen LogP contribution in [0.3, 0.4) is 0 Å². The van der Waals surface area contributed by atoms with Crippen LogP contribution >= 0.6 is 7.82 Å². The van der Waals surface area contributed by atoms with E-state index in [1.165, 1.54) is 19.3 Å². The molecule has 0 aromatic carbocycles. The van der Waals surface area contributed by atoms with Crippen LogP contribution in [0.5, 0.6) is 0 Å². The van der Waals surface area contributed by atoms with Gasteiger partial charge in [0.05, 0.1) is 24.9 Å². The first-order valence-electron chi connectivity index (χ1n) is 20.1. The lowest BCUT2D eigenvalue weighted by atomic mass is 9.87. The van der Waals surface area contributed by atoms with Gasteiger partial charge in [0, 0.05) is 43.9 Å². The van der Waals surface area contributed by atoms with Crippen LogP contribution in [0.15, 0.2) is 48.6 Å². The Bertz CT molecular complexity index is 1190. The molecule has 1 saturated carbocycles. The molecule has 0 bridgehead atoms. The average Bonchev–Trinajstić information content (AvgIpc) is 3.38. The Hall–Kier alpha value is -2.44. The number of rotatable bonds is 32. The Kier molecular flexibility index (Phi) is 28.2. The molecule has 310 valence electrons. The molecule has 54 heavy (non-hydrogen) atoms. The summed E-state index contributed by atoms with van der Waals surface area (Å²) in [6.07, 6.45) is 26.2. The molecule has 0 saturated heterocycles. The van der Waals surface area contributed by atoms with Gasteiger partial charge in [0.2, 0.25) is 0 Å². The number of hydrogen-bond acceptors (Lipinski definition) is 10. The zero-order chi connectivity index (χ0) is 40.0. The van der Waals surface area contributed by atoms with E-state index in [0.29, 0.717) is 25.7 Å². The number of aliphatic hydroxyl groups is 3. The Morgan fingerprint density at radius 3 is 1.96 bits per heavy atom. The monoisotopic (exact) mass is 784 g/mol. The zero-order valence-electron chi connectivity index (χ0n) is 32.7. The second kappa shape index (κ2) is 30.7. The number of ether oxygens (including phenoxy) is 2. The van der Waals surface area contributed by atoms with Gasteiger partial charge in [-0.05, 0) is 64.2 Å². The molecule has 0 heterocycles. The van der Waals surface area contributed by atoms with Crippen molar-refractivity contribution in [3.8, 4) is 0 Å². The number of carbonyl (C=O) groups is 3. The summed E-state index contributed by atoms with van der Waals surface area (Å²) in [6.45, 7) is 3.18. The molecule has 1 rings (SSSR count). The van der Waals surface area contributed by atoms with Crippen LogP contribution in [0.2, 0.25) is 0 Å². The predicted molar refractivity (Wildman–Crippen MR) is 209 cm³/mol. The zero-order valence-corrected chi connectivity index (χ0v) is 33.6. The minimum Gasteiger partial charge on any atom is -0.462 e. The first-order chi connectivity index (χ1) is 25.9. The van der Waals surface area contributed by atoms with Crippen LogP contribution in [0.25, 0.3) is 0 Å². The number of Topliss-reactive ketones (excluding diaryl/α,β-unsaturated/α-hetero) is 1. The van der Waals surface area contributed by atoms with E-state index in [2.05, 4.69) is 54.8 Å². The number of hydrogen-bond donors (Lipinski definition) is 5. The van der Waals surface area contributed by atoms with E-state index in [1.807, 2.05) is 0 Å². The van der Waals surface area contributed by atoms with Crippen molar-refractivity contribution < 1.29 is 58.1 Å². The molecule has 12 nitrogen and oxygen atoms in total. The second-order valence-electron chi connectivity index (χ2n) is 14.2. The third kappa shape index (κ3) is 26.4. The quantitative estimate of drug-likeness (QED) is 0.0195. The van der Waals surface area contributed by atoms with Gasteiger partial charge in [-0.3, -0.25) is 18.9 Å². The van der Waals surface area contributed by atoms with Crippen molar-refractivity contribution in [1.29, 1.82) is 0 Å². The predicted octanol–water partition coefficient (Wildman–Crippen LogP) is 7.52. The van der Waals surface area contributed by atoms with Crippen molar-refractivity contribution in [2.75, 3.05) is 13.2 Å². The Morgan fingerprint density at radius 1 is 0.741 bits per heavy atom. The maximum absolute atomic E-state index is 12.7.